The van der Waals surface area contributed by atoms with E-state index in [1.807, 2.05) is 13.1 Å². The topological polar surface area (TPSA) is 42.4 Å². The molecule has 0 aliphatic heterocycles. The summed E-state index contributed by atoms with van der Waals surface area (Å²) in [4.78, 5) is 4.28. The Balaban J connectivity index is 2.39. The second kappa shape index (κ2) is 3.45. The van der Waals surface area contributed by atoms with E-state index in [2.05, 4.69) is 24.9 Å². The van der Waals surface area contributed by atoms with E-state index < -0.39 is 0 Å². The van der Waals surface area contributed by atoms with Crippen LogP contribution in [0.4, 0.5) is 0 Å². The van der Waals surface area contributed by atoms with Crippen molar-refractivity contribution in [3.05, 3.63) is 23.4 Å². The van der Waals surface area contributed by atoms with Crippen LogP contribution in [-0.2, 0) is 5.41 Å². The summed E-state index contributed by atoms with van der Waals surface area (Å²) in [6.45, 7) is 6.54. The van der Waals surface area contributed by atoms with E-state index in [1.54, 1.807) is 7.11 Å². The molecule has 0 amide bonds. The van der Waals surface area contributed by atoms with Gasteiger partial charge in [-0.1, -0.05) is 13.8 Å². The quantitative estimate of drug-likeness (QED) is 0.849. The molecular formula is C13H19NO2. The van der Waals surface area contributed by atoms with Crippen LogP contribution in [0.3, 0.4) is 0 Å². The molecular weight excluding hydrogens is 202 g/mol. The summed E-state index contributed by atoms with van der Waals surface area (Å²) in [6, 6.07) is 2.08. The van der Waals surface area contributed by atoms with Gasteiger partial charge >= 0.3 is 0 Å². The van der Waals surface area contributed by atoms with Crippen molar-refractivity contribution in [2.75, 3.05) is 13.7 Å². The van der Waals surface area contributed by atoms with Crippen LogP contribution in [0.2, 0.25) is 0 Å². The second-order valence-electron chi connectivity index (χ2n) is 5.35. The number of aliphatic hydroxyl groups is 1. The van der Waals surface area contributed by atoms with Gasteiger partial charge in [-0.05, 0) is 30.4 Å². The lowest BCUT2D eigenvalue weighted by atomic mass is 9.89. The third-order valence-electron chi connectivity index (χ3n) is 3.96. The van der Waals surface area contributed by atoms with Crippen LogP contribution < -0.4 is 4.74 Å². The molecule has 1 aliphatic carbocycles. The zero-order chi connectivity index (χ0) is 12.0. The Morgan fingerprint density at radius 2 is 2.12 bits per heavy atom. The number of ether oxygens (including phenoxy) is 1. The predicted molar refractivity (Wildman–Crippen MR) is 62.7 cm³/mol. The predicted octanol–water partition coefficient (Wildman–Crippen LogP) is 2.06. The van der Waals surface area contributed by atoms with Gasteiger partial charge in [0.05, 0.1) is 13.7 Å². The Bertz CT molecular complexity index is 414. The van der Waals surface area contributed by atoms with Crippen molar-refractivity contribution in [2.24, 2.45) is 5.41 Å². The molecule has 1 heterocycles. The van der Waals surface area contributed by atoms with Gasteiger partial charge in [0.1, 0.15) is 0 Å². The number of hydrogen-bond acceptors (Lipinski definition) is 3. The van der Waals surface area contributed by atoms with Crippen molar-refractivity contribution in [2.45, 2.75) is 32.6 Å². The van der Waals surface area contributed by atoms with Crippen LogP contribution in [0.1, 0.15) is 31.4 Å². The van der Waals surface area contributed by atoms with Crippen LogP contribution >= 0.6 is 0 Å². The summed E-state index contributed by atoms with van der Waals surface area (Å²) in [5.74, 6) is 0.662. The smallest absolute Gasteiger partial charge is 0.215 e. The van der Waals surface area contributed by atoms with E-state index in [9.17, 15) is 5.11 Å². The minimum Gasteiger partial charge on any atom is -0.481 e. The standard InChI is InChI=1S/C13H19NO2/c1-9-5-10(6-14-11(9)16-4)13(8-15)7-12(13,2)3/h5-6,15H,7-8H2,1-4H3. The lowest BCUT2D eigenvalue weighted by Crippen LogP contribution is -2.19. The fraction of sp³-hybridized carbons (Fsp3) is 0.615. The molecule has 1 saturated carbocycles. The molecule has 1 aliphatic rings. The number of aromatic nitrogens is 1. The number of methoxy groups -OCH3 is 1. The second-order valence-corrected chi connectivity index (χ2v) is 5.35. The van der Waals surface area contributed by atoms with E-state index in [1.165, 1.54) is 0 Å². The van der Waals surface area contributed by atoms with Gasteiger partial charge in [-0.2, -0.15) is 0 Å². The normalized spacial score (nSPS) is 26.6. The first-order valence-electron chi connectivity index (χ1n) is 5.59. The number of rotatable bonds is 3. The summed E-state index contributed by atoms with van der Waals surface area (Å²) in [6.07, 6.45) is 2.85. The van der Waals surface area contributed by atoms with E-state index in [0.717, 1.165) is 17.5 Å². The summed E-state index contributed by atoms with van der Waals surface area (Å²) < 4.78 is 5.15. The maximum atomic E-state index is 9.60. The van der Waals surface area contributed by atoms with Gasteiger partial charge in [0, 0.05) is 17.2 Å². The zero-order valence-corrected chi connectivity index (χ0v) is 10.4. The third kappa shape index (κ3) is 1.42. The fourth-order valence-electron chi connectivity index (χ4n) is 2.60. The molecule has 2 rings (SSSR count). The molecule has 16 heavy (non-hydrogen) atoms. The molecule has 0 aromatic carbocycles. The number of aliphatic hydroxyl groups excluding tert-OH is 1. The average Bonchev–Trinajstić information content (AvgIpc) is 2.82. The Kier molecular flexibility index (Phi) is 2.46. The first kappa shape index (κ1) is 11.4. The molecule has 1 fully saturated rings. The van der Waals surface area contributed by atoms with Crippen molar-refractivity contribution in [3.63, 3.8) is 0 Å². The largest absolute Gasteiger partial charge is 0.481 e. The van der Waals surface area contributed by atoms with Crippen molar-refractivity contribution < 1.29 is 9.84 Å². The highest BCUT2D eigenvalue weighted by Crippen LogP contribution is 2.63. The highest BCUT2D eigenvalue weighted by atomic mass is 16.5. The first-order chi connectivity index (χ1) is 7.47. The fourth-order valence-corrected chi connectivity index (χ4v) is 2.60. The lowest BCUT2D eigenvalue weighted by Gasteiger charge is -2.19. The molecule has 1 aromatic rings. The SMILES string of the molecule is COc1ncc(C2(CO)CC2(C)C)cc1C. The summed E-state index contributed by atoms with van der Waals surface area (Å²) >= 11 is 0. The molecule has 1 atom stereocenters. The molecule has 1 unspecified atom stereocenters. The number of pyridine rings is 1. The van der Waals surface area contributed by atoms with E-state index in [0.29, 0.717) is 5.88 Å². The summed E-state index contributed by atoms with van der Waals surface area (Å²) in [5, 5.41) is 9.60. The van der Waals surface area contributed by atoms with Gasteiger partial charge in [0.25, 0.3) is 0 Å². The van der Waals surface area contributed by atoms with Crippen LogP contribution in [0.15, 0.2) is 12.3 Å². The number of nitrogens with zero attached hydrogens (tertiary/aromatic N) is 1. The monoisotopic (exact) mass is 221 g/mol. The molecule has 1 aromatic heterocycles. The molecule has 1 N–H and O–H groups in total. The highest BCUT2D eigenvalue weighted by molar-refractivity contribution is 5.40. The highest BCUT2D eigenvalue weighted by Gasteiger charge is 2.61. The van der Waals surface area contributed by atoms with Gasteiger partial charge in [-0.25, -0.2) is 4.98 Å². The molecule has 0 spiro atoms. The first-order valence-corrected chi connectivity index (χ1v) is 5.59. The summed E-state index contributed by atoms with van der Waals surface area (Å²) in [7, 11) is 1.62. The van der Waals surface area contributed by atoms with Gasteiger partial charge in [-0.3, -0.25) is 0 Å². The van der Waals surface area contributed by atoms with Crippen molar-refractivity contribution >= 4 is 0 Å². The zero-order valence-electron chi connectivity index (χ0n) is 10.4. The Labute approximate surface area is 96.5 Å². The Morgan fingerprint density at radius 1 is 1.50 bits per heavy atom. The number of aryl methyl sites for hydroxylation is 1. The van der Waals surface area contributed by atoms with E-state index in [-0.39, 0.29) is 17.4 Å². The molecule has 3 nitrogen and oxygen atoms in total. The molecule has 0 saturated heterocycles. The lowest BCUT2D eigenvalue weighted by molar-refractivity contribution is 0.231. The van der Waals surface area contributed by atoms with Gasteiger partial charge in [-0.15, -0.1) is 0 Å². The molecule has 3 heteroatoms. The Hall–Kier alpha value is -1.09. The third-order valence-corrected chi connectivity index (χ3v) is 3.96. The van der Waals surface area contributed by atoms with Crippen LogP contribution in [-0.4, -0.2) is 23.8 Å². The van der Waals surface area contributed by atoms with Gasteiger partial charge in [0.15, 0.2) is 0 Å². The van der Waals surface area contributed by atoms with Crippen LogP contribution in [0.5, 0.6) is 5.88 Å². The number of hydrogen-bond donors (Lipinski definition) is 1. The molecule has 0 radical (unpaired) electrons. The maximum Gasteiger partial charge on any atom is 0.215 e. The van der Waals surface area contributed by atoms with Crippen molar-refractivity contribution in [1.82, 2.24) is 4.98 Å². The Morgan fingerprint density at radius 3 is 2.50 bits per heavy atom. The maximum absolute atomic E-state index is 9.60. The van der Waals surface area contributed by atoms with Crippen molar-refractivity contribution in [1.29, 1.82) is 0 Å². The van der Waals surface area contributed by atoms with Gasteiger partial charge < -0.3 is 9.84 Å². The summed E-state index contributed by atoms with van der Waals surface area (Å²) in [5.41, 5.74) is 2.22. The minimum absolute atomic E-state index is 0.100. The minimum atomic E-state index is -0.100. The molecule has 88 valence electrons. The van der Waals surface area contributed by atoms with Crippen LogP contribution in [0.25, 0.3) is 0 Å². The van der Waals surface area contributed by atoms with E-state index in [4.69, 9.17) is 4.74 Å². The van der Waals surface area contributed by atoms with Crippen LogP contribution in [0, 0.1) is 12.3 Å². The average molecular weight is 221 g/mol. The molecule has 0 bridgehead atoms. The van der Waals surface area contributed by atoms with Crippen molar-refractivity contribution in [3.8, 4) is 5.88 Å². The van der Waals surface area contributed by atoms with E-state index >= 15 is 0 Å². The van der Waals surface area contributed by atoms with Gasteiger partial charge in [0.2, 0.25) is 5.88 Å².